The van der Waals surface area contributed by atoms with E-state index in [0.29, 0.717) is 13.1 Å². The Morgan fingerprint density at radius 1 is 0.586 bits per heavy atom. The standard InChI is InChI=1S/C25H32N4/c26-16-19-29(20-17-27)21-18-28-25(22-10-4-1-5-11-22,23-12-6-2-7-13-23)24-14-8-3-9-15-24/h1-15,28H,16-21,26-27H2. The molecule has 0 amide bonds. The van der Waals surface area contributed by atoms with Gasteiger partial charge in [0, 0.05) is 39.3 Å². The van der Waals surface area contributed by atoms with Gasteiger partial charge in [-0.3, -0.25) is 10.2 Å². The quantitative estimate of drug-likeness (QED) is 0.442. The van der Waals surface area contributed by atoms with Gasteiger partial charge >= 0.3 is 0 Å². The predicted molar refractivity (Wildman–Crippen MR) is 122 cm³/mol. The Hall–Kier alpha value is -2.50. The van der Waals surface area contributed by atoms with Crippen molar-refractivity contribution < 1.29 is 0 Å². The Morgan fingerprint density at radius 2 is 0.966 bits per heavy atom. The minimum Gasteiger partial charge on any atom is -0.329 e. The van der Waals surface area contributed by atoms with Crippen molar-refractivity contribution in [2.24, 2.45) is 11.5 Å². The lowest BCUT2D eigenvalue weighted by Gasteiger charge is -2.38. The summed E-state index contributed by atoms with van der Waals surface area (Å²) in [4.78, 5) is 2.32. The van der Waals surface area contributed by atoms with Gasteiger partial charge in [0.05, 0.1) is 5.54 Å². The van der Waals surface area contributed by atoms with Crippen molar-refractivity contribution in [1.82, 2.24) is 10.2 Å². The summed E-state index contributed by atoms with van der Waals surface area (Å²) >= 11 is 0. The maximum absolute atomic E-state index is 5.79. The highest BCUT2D eigenvalue weighted by atomic mass is 15.2. The molecule has 0 unspecified atom stereocenters. The molecule has 0 aliphatic carbocycles. The zero-order chi connectivity index (χ0) is 20.4. The fraction of sp³-hybridized carbons (Fsp3) is 0.280. The number of nitrogens with one attached hydrogen (secondary N) is 1. The molecule has 0 bridgehead atoms. The molecule has 0 saturated heterocycles. The van der Waals surface area contributed by atoms with E-state index >= 15 is 0 Å². The normalized spacial score (nSPS) is 11.7. The first-order valence-electron chi connectivity index (χ1n) is 10.4. The van der Waals surface area contributed by atoms with E-state index in [1.165, 1.54) is 16.7 Å². The van der Waals surface area contributed by atoms with Crippen molar-refractivity contribution in [2.45, 2.75) is 5.54 Å². The van der Waals surface area contributed by atoms with Gasteiger partial charge in [-0.05, 0) is 16.7 Å². The first-order chi connectivity index (χ1) is 14.3. The molecular weight excluding hydrogens is 356 g/mol. The largest absolute Gasteiger partial charge is 0.329 e. The van der Waals surface area contributed by atoms with E-state index in [9.17, 15) is 0 Å². The molecule has 29 heavy (non-hydrogen) atoms. The smallest absolute Gasteiger partial charge is 0.0948 e. The van der Waals surface area contributed by atoms with Crippen LogP contribution in [0, 0.1) is 0 Å². The number of hydrogen-bond donors (Lipinski definition) is 3. The molecule has 0 aliphatic rings. The topological polar surface area (TPSA) is 67.3 Å². The second-order valence-electron chi connectivity index (χ2n) is 7.19. The van der Waals surface area contributed by atoms with Crippen LogP contribution in [0.1, 0.15) is 16.7 Å². The Kier molecular flexibility index (Phi) is 7.96. The monoisotopic (exact) mass is 388 g/mol. The molecule has 3 aromatic carbocycles. The predicted octanol–water partition coefficient (Wildman–Crippen LogP) is 2.79. The van der Waals surface area contributed by atoms with Crippen molar-refractivity contribution in [3.8, 4) is 0 Å². The average Bonchev–Trinajstić information content (AvgIpc) is 2.79. The van der Waals surface area contributed by atoms with Gasteiger partial charge in [-0.15, -0.1) is 0 Å². The molecule has 0 radical (unpaired) electrons. The first-order valence-corrected chi connectivity index (χ1v) is 10.4. The molecule has 0 heterocycles. The summed E-state index contributed by atoms with van der Waals surface area (Å²) in [6.07, 6.45) is 0. The second-order valence-corrected chi connectivity index (χ2v) is 7.19. The Balaban J connectivity index is 2.01. The number of rotatable bonds is 11. The van der Waals surface area contributed by atoms with Crippen molar-refractivity contribution in [3.63, 3.8) is 0 Å². The lowest BCUT2D eigenvalue weighted by molar-refractivity contribution is 0.278. The highest BCUT2D eigenvalue weighted by Crippen LogP contribution is 2.36. The summed E-state index contributed by atoms with van der Waals surface area (Å²) in [5.41, 5.74) is 14.8. The van der Waals surface area contributed by atoms with E-state index < -0.39 is 5.54 Å². The van der Waals surface area contributed by atoms with Crippen molar-refractivity contribution >= 4 is 0 Å². The molecule has 0 aromatic heterocycles. The average molecular weight is 389 g/mol. The van der Waals surface area contributed by atoms with Crippen LogP contribution in [0.15, 0.2) is 91.0 Å². The highest BCUT2D eigenvalue weighted by Gasteiger charge is 2.35. The molecule has 152 valence electrons. The van der Waals surface area contributed by atoms with Crippen LogP contribution in [0.4, 0.5) is 0 Å². The van der Waals surface area contributed by atoms with Crippen LogP contribution in [-0.2, 0) is 5.54 Å². The summed E-state index contributed by atoms with van der Waals surface area (Å²) in [7, 11) is 0. The Bertz CT molecular complexity index is 719. The van der Waals surface area contributed by atoms with E-state index in [1.54, 1.807) is 0 Å². The van der Waals surface area contributed by atoms with Crippen LogP contribution in [0.2, 0.25) is 0 Å². The zero-order valence-corrected chi connectivity index (χ0v) is 17.0. The molecule has 0 aliphatic heterocycles. The summed E-state index contributed by atoms with van der Waals surface area (Å²) < 4.78 is 0. The maximum atomic E-state index is 5.79. The molecule has 0 spiro atoms. The molecule has 3 aromatic rings. The van der Waals surface area contributed by atoms with Crippen LogP contribution < -0.4 is 16.8 Å². The molecule has 3 rings (SSSR count). The van der Waals surface area contributed by atoms with Crippen LogP contribution in [-0.4, -0.2) is 44.2 Å². The molecule has 4 nitrogen and oxygen atoms in total. The molecule has 0 saturated carbocycles. The van der Waals surface area contributed by atoms with Gasteiger partial charge in [-0.1, -0.05) is 91.0 Å². The fourth-order valence-electron chi connectivity index (χ4n) is 3.97. The third-order valence-electron chi connectivity index (χ3n) is 5.33. The van der Waals surface area contributed by atoms with Gasteiger partial charge in [-0.25, -0.2) is 0 Å². The highest BCUT2D eigenvalue weighted by molar-refractivity contribution is 5.49. The van der Waals surface area contributed by atoms with Crippen LogP contribution in [0.5, 0.6) is 0 Å². The first kappa shape index (κ1) is 21.2. The van der Waals surface area contributed by atoms with Crippen molar-refractivity contribution in [2.75, 3.05) is 39.3 Å². The number of hydrogen-bond acceptors (Lipinski definition) is 4. The van der Waals surface area contributed by atoms with E-state index in [2.05, 4.69) is 101 Å². The summed E-state index contributed by atoms with van der Waals surface area (Å²) in [5.74, 6) is 0. The van der Waals surface area contributed by atoms with Gasteiger partial charge < -0.3 is 11.5 Å². The van der Waals surface area contributed by atoms with Crippen LogP contribution in [0.3, 0.4) is 0 Å². The minimum atomic E-state index is -0.430. The van der Waals surface area contributed by atoms with Gasteiger partial charge in [0.25, 0.3) is 0 Å². The second kappa shape index (κ2) is 10.9. The number of benzene rings is 3. The Labute approximate surface area is 174 Å². The summed E-state index contributed by atoms with van der Waals surface area (Å²) in [5, 5.41) is 3.91. The molecular formula is C25H32N4. The van der Waals surface area contributed by atoms with Crippen LogP contribution >= 0.6 is 0 Å². The zero-order valence-electron chi connectivity index (χ0n) is 17.0. The van der Waals surface area contributed by atoms with Gasteiger partial charge in [0.1, 0.15) is 0 Å². The van der Waals surface area contributed by atoms with E-state index in [0.717, 1.165) is 26.2 Å². The third kappa shape index (κ3) is 5.11. The van der Waals surface area contributed by atoms with Crippen molar-refractivity contribution in [1.29, 1.82) is 0 Å². The van der Waals surface area contributed by atoms with Gasteiger partial charge in [0.15, 0.2) is 0 Å². The lowest BCUT2D eigenvalue weighted by atomic mass is 9.77. The van der Waals surface area contributed by atoms with E-state index in [-0.39, 0.29) is 0 Å². The maximum Gasteiger partial charge on any atom is 0.0948 e. The SMILES string of the molecule is NCCN(CCN)CCNC(c1ccccc1)(c1ccccc1)c1ccccc1. The van der Waals surface area contributed by atoms with Crippen LogP contribution in [0.25, 0.3) is 0 Å². The molecule has 0 atom stereocenters. The Morgan fingerprint density at radius 3 is 1.31 bits per heavy atom. The molecule has 0 fully saturated rings. The summed E-state index contributed by atoms with van der Waals surface area (Å²) in [6, 6.07) is 32.0. The number of nitrogens with two attached hydrogens (primary N) is 2. The molecule has 5 N–H and O–H groups in total. The van der Waals surface area contributed by atoms with Gasteiger partial charge in [-0.2, -0.15) is 0 Å². The van der Waals surface area contributed by atoms with Gasteiger partial charge in [0.2, 0.25) is 0 Å². The summed E-state index contributed by atoms with van der Waals surface area (Å²) in [6.45, 7) is 4.70. The van der Waals surface area contributed by atoms with E-state index in [4.69, 9.17) is 11.5 Å². The van der Waals surface area contributed by atoms with Crippen molar-refractivity contribution in [3.05, 3.63) is 108 Å². The minimum absolute atomic E-state index is 0.430. The fourth-order valence-corrected chi connectivity index (χ4v) is 3.97. The van der Waals surface area contributed by atoms with E-state index in [1.807, 2.05) is 0 Å². The number of nitrogens with zero attached hydrogens (tertiary/aromatic N) is 1. The molecule has 4 heteroatoms. The lowest BCUT2D eigenvalue weighted by Crippen LogP contribution is -2.48. The third-order valence-corrected chi connectivity index (χ3v) is 5.33.